The maximum Gasteiger partial charge on any atom is 0.0756 e. The molecule has 1 nitrogen and oxygen atoms in total. The highest BCUT2D eigenvalue weighted by Crippen LogP contribution is 2.66. The van der Waals surface area contributed by atoms with Crippen molar-refractivity contribution in [3.8, 4) is 44.0 Å². The van der Waals surface area contributed by atoms with Crippen molar-refractivity contribution in [1.29, 1.82) is 0 Å². The molecule has 1 unspecified atom stereocenters. The van der Waals surface area contributed by atoms with Crippen molar-refractivity contribution in [3.63, 3.8) is 0 Å². The van der Waals surface area contributed by atoms with Gasteiger partial charge in [0.2, 0.25) is 0 Å². The number of hydrogen-bond acceptors (Lipinski definition) is 2. The Morgan fingerprint density at radius 1 is 0.438 bits per heavy atom. The molecule has 2 heteroatoms. The van der Waals surface area contributed by atoms with Crippen molar-refractivity contribution in [3.05, 3.63) is 186 Å². The molecule has 11 rings (SSSR count). The van der Waals surface area contributed by atoms with Gasteiger partial charge in [0, 0.05) is 21.3 Å². The lowest BCUT2D eigenvalue weighted by Gasteiger charge is -2.30. The topological polar surface area (TPSA) is 12.9 Å². The maximum atomic E-state index is 5.08. The predicted molar refractivity (Wildman–Crippen MR) is 202 cm³/mol. The van der Waals surface area contributed by atoms with E-state index in [-0.39, 0.29) is 0 Å². The minimum atomic E-state index is -0.448. The van der Waals surface area contributed by atoms with Crippen molar-refractivity contribution >= 4 is 43.0 Å². The van der Waals surface area contributed by atoms with E-state index in [0.29, 0.717) is 0 Å². The Morgan fingerprint density at radius 2 is 1.04 bits per heavy atom. The van der Waals surface area contributed by atoms with Gasteiger partial charge in [-0.3, -0.25) is 4.98 Å². The molecule has 7 aromatic carbocycles. The van der Waals surface area contributed by atoms with Gasteiger partial charge in [0.15, 0.2) is 0 Å². The Morgan fingerprint density at radius 3 is 1.79 bits per heavy atom. The number of fused-ring (bicyclic) bond motifs is 14. The van der Waals surface area contributed by atoms with E-state index in [2.05, 4.69) is 158 Å². The second-order valence-corrected chi connectivity index (χ2v) is 14.0. The van der Waals surface area contributed by atoms with Crippen molar-refractivity contribution < 1.29 is 0 Å². The number of benzene rings is 7. The van der Waals surface area contributed by atoms with Gasteiger partial charge in [0.25, 0.3) is 0 Å². The van der Waals surface area contributed by atoms with Crippen molar-refractivity contribution in [2.24, 2.45) is 0 Å². The predicted octanol–water partition coefficient (Wildman–Crippen LogP) is 12.3. The van der Waals surface area contributed by atoms with E-state index in [9.17, 15) is 0 Å². The van der Waals surface area contributed by atoms with Gasteiger partial charge in [-0.25, -0.2) is 0 Å². The molecule has 0 N–H and O–H groups in total. The van der Waals surface area contributed by atoms with Gasteiger partial charge in [0.1, 0.15) is 0 Å². The normalized spacial score (nSPS) is 15.6. The number of thiophene rings is 1. The maximum absolute atomic E-state index is 5.08. The smallest absolute Gasteiger partial charge is 0.0756 e. The zero-order chi connectivity index (χ0) is 31.4. The average molecular weight is 626 g/mol. The second-order valence-electron chi connectivity index (χ2n) is 13.0. The van der Waals surface area contributed by atoms with Crippen LogP contribution in [0.2, 0.25) is 0 Å². The molecule has 2 heterocycles. The number of nitrogens with zero attached hydrogens (tertiary/aromatic N) is 1. The summed E-state index contributed by atoms with van der Waals surface area (Å²) in [6.45, 7) is 0. The summed E-state index contributed by atoms with van der Waals surface area (Å²) in [5, 5.41) is 6.42. The molecule has 0 saturated carbocycles. The van der Waals surface area contributed by atoms with Gasteiger partial charge < -0.3 is 0 Å². The summed E-state index contributed by atoms with van der Waals surface area (Å²) < 4.78 is 1.33. The first-order chi connectivity index (χ1) is 23.8. The summed E-state index contributed by atoms with van der Waals surface area (Å²) in [6, 6.07) is 58.4. The molecule has 222 valence electrons. The van der Waals surface area contributed by atoms with Crippen LogP contribution in [0.25, 0.3) is 75.6 Å². The second kappa shape index (κ2) is 9.60. The third kappa shape index (κ3) is 3.23. The standard InChI is InChI=1S/C46H27NS/c1-2-13-28(14-3-1)41-30-15-4-6-17-32(30)42(33-18-7-5-16-31(33)41)29-24-25-34-39(27-29)46(38-22-12-26-47-44(34)38)37-21-10-8-19-35(37)45-43(46)36-20-9-11-23-40(36)48-45/h1-27H. The first-order valence-electron chi connectivity index (χ1n) is 16.6. The molecule has 48 heavy (non-hydrogen) atoms. The van der Waals surface area contributed by atoms with E-state index in [1.807, 2.05) is 17.5 Å². The third-order valence-corrected chi connectivity index (χ3v) is 11.9. The summed E-state index contributed by atoms with van der Waals surface area (Å²) in [5.41, 5.74) is 13.6. The Kier molecular flexibility index (Phi) is 5.25. The first-order valence-corrected chi connectivity index (χ1v) is 17.4. The summed E-state index contributed by atoms with van der Waals surface area (Å²) in [5.74, 6) is 0. The molecule has 1 spiro atoms. The molecule has 0 aliphatic heterocycles. The van der Waals surface area contributed by atoms with Gasteiger partial charge in [-0.2, -0.15) is 0 Å². The zero-order valence-corrected chi connectivity index (χ0v) is 26.8. The number of rotatable bonds is 2. The molecule has 0 amide bonds. The molecule has 2 aliphatic carbocycles. The molecule has 9 aromatic rings. The molecule has 2 aliphatic rings. The molecule has 0 bridgehead atoms. The molecular weight excluding hydrogens is 599 g/mol. The van der Waals surface area contributed by atoms with Crippen molar-refractivity contribution in [2.45, 2.75) is 5.41 Å². The number of hydrogen-bond donors (Lipinski definition) is 0. The highest BCUT2D eigenvalue weighted by molar-refractivity contribution is 7.22. The van der Waals surface area contributed by atoms with Gasteiger partial charge in [0.05, 0.1) is 11.1 Å². The highest BCUT2D eigenvalue weighted by Gasteiger charge is 2.54. The van der Waals surface area contributed by atoms with Gasteiger partial charge in [-0.15, -0.1) is 11.3 Å². The quantitative estimate of drug-likeness (QED) is 0.174. The minimum Gasteiger partial charge on any atom is -0.256 e. The molecule has 0 radical (unpaired) electrons. The first kappa shape index (κ1) is 26.3. The van der Waals surface area contributed by atoms with Crippen LogP contribution in [0.4, 0.5) is 0 Å². The number of aromatic nitrogens is 1. The molecule has 2 aromatic heterocycles. The van der Waals surface area contributed by atoms with Crippen LogP contribution in [0.15, 0.2) is 164 Å². The van der Waals surface area contributed by atoms with Crippen LogP contribution in [-0.4, -0.2) is 4.98 Å². The van der Waals surface area contributed by atoms with E-state index >= 15 is 0 Å². The van der Waals surface area contributed by atoms with Crippen molar-refractivity contribution in [2.75, 3.05) is 0 Å². The van der Waals surface area contributed by atoms with E-state index in [1.54, 1.807) is 0 Å². The largest absolute Gasteiger partial charge is 0.256 e. The molecule has 0 fully saturated rings. The van der Waals surface area contributed by atoms with Gasteiger partial charge in [-0.05, 0) is 95.2 Å². The van der Waals surface area contributed by atoms with Crippen LogP contribution in [-0.2, 0) is 5.41 Å². The lowest BCUT2D eigenvalue weighted by Crippen LogP contribution is -2.26. The van der Waals surface area contributed by atoms with Crippen LogP contribution in [0.1, 0.15) is 22.3 Å². The third-order valence-electron chi connectivity index (χ3n) is 10.7. The van der Waals surface area contributed by atoms with Crippen LogP contribution < -0.4 is 0 Å². The van der Waals surface area contributed by atoms with Gasteiger partial charge >= 0.3 is 0 Å². The zero-order valence-electron chi connectivity index (χ0n) is 25.9. The van der Waals surface area contributed by atoms with Crippen molar-refractivity contribution in [1.82, 2.24) is 4.98 Å². The average Bonchev–Trinajstić information content (AvgIpc) is 3.77. The fourth-order valence-electron chi connectivity index (χ4n) is 8.95. The minimum absolute atomic E-state index is 0.448. The SMILES string of the molecule is c1ccc(-c2c3ccccc3c(-c3ccc4c(c3)C3(c5ccccc5-c5sc6ccccc6c53)c3cccnc3-4)c3ccccc23)cc1. The Bertz CT molecular complexity index is 2730. The Hall–Kier alpha value is -5.83. The Balaban J connectivity index is 1.28. The lowest BCUT2D eigenvalue weighted by molar-refractivity contribution is 0.800. The van der Waals surface area contributed by atoms with Crippen LogP contribution in [0.3, 0.4) is 0 Å². The lowest BCUT2D eigenvalue weighted by atomic mass is 9.70. The fraction of sp³-hybridized carbons (Fsp3) is 0.0217. The molecule has 1 atom stereocenters. The Labute approximate surface area is 282 Å². The summed E-state index contributed by atoms with van der Waals surface area (Å²) >= 11 is 1.92. The van der Waals surface area contributed by atoms with E-state index in [0.717, 1.165) is 5.69 Å². The van der Waals surface area contributed by atoms with Crippen LogP contribution >= 0.6 is 11.3 Å². The summed E-state index contributed by atoms with van der Waals surface area (Å²) in [7, 11) is 0. The van der Waals surface area contributed by atoms with E-state index < -0.39 is 5.41 Å². The van der Waals surface area contributed by atoms with E-state index in [1.165, 1.54) is 92.1 Å². The monoisotopic (exact) mass is 625 g/mol. The van der Waals surface area contributed by atoms with E-state index in [4.69, 9.17) is 4.98 Å². The molecular formula is C46H27NS. The number of pyridine rings is 1. The fourth-order valence-corrected chi connectivity index (χ4v) is 10.2. The van der Waals surface area contributed by atoms with Crippen LogP contribution in [0.5, 0.6) is 0 Å². The summed E-state index contributed by atoms with van der Waals surface area (Å²) in [6.07, 6.45) is 1.95. The van der Waals surface area contributed by atoms with Gasteiger partial charge in [-0.1, -0.05) is 140 Å². The highest BCUT2D eigenvalue weighted by atomic mass is 32.1. The summed E-state index contributed by atoms with van der Waals surface area (Å²) in [4.78, 5) is 6.46. The van der Waals surface area contributed by atoms with Crippen LogP contribution in [0, 0.1) is 0 Å². The molecule has 0 saturated heterocycles.